The second-order valence-electron chi connectivity index (χ2n) is 3.52. The highest BCUT2D eigenvalue weighted by atomic mass is 32.2. The van der Waals surface area contributed by atoms with E-state index >= 15 is 0 Å². The van der Waals surface area contributed by atoms with Gasteiger partial charge in [0.1, 0.15) is 11.4 Å². The fourth-order valence-corrected chi connectivity index (χ4v) is 2.96. The first-order valence-corrected chi connectivity index (χ1v) is 6.12. The van der Waals surface area contributed by atoms with Gasteiger partial charge < -0.3 is 4.74 Å². The van der Waals surface area contributed by atoms with Gasteiger partial charge >= 0.3 is 5.97 Å². The number of carbonyl (C=O) groups excluding carboxylic acids is 1. The summed E-state index contributed by atoms with van der Waals surface area (Å²) in [6, 6.07) is 1.82. The number of rotatable bonds is 2. The summed E-state index contributed by atoms with van der Waals surface area (Å²) in [5, 5.41) is 1.26. The average Bonchev–Trinajstić information content (AvgIpc) is 2.72. The Kier molecular flexibility index (Phi) is 2.44. The Balaban J connectivity index is 2.13. The molecule has 1 unspecified atom stereocenters. The van der Waals surface area contributed by atoms with E-state index in [1.807, 2.05) is 6.07 Å². The third-order valence-electron chi connectivity index (χ3n) is 2.52. The smallest absolute Gasteiger partial charge is 0.325 e. The lowest BCUT2D eigenvalue weighted by Crippen LogP contribution is -2.12. The lowest BCUT2D eigenvalue weighted by Gasteiger charge is -2.07. The molecule has 0 N–H and O–H groups in total. The Morgan fingerprint density at radius 3 is 3.18 bits per heavy atom. The van der Waals surface area contributed by atoms with Crippen LogP contribution in [-0.4, -0.2) is 27.5 Å². The number of esters is 1. The maximum atomic E-state index is 11.8. The molecule has 6 heteroatoms. The Labute approximate surface area is 102 Å². The van der Waals surface area contributed by atoms with Gasteiger partial charge in [-0.3, -0.25) is 4.79 Å². The predicted molar refractivity (Wildman–Crippen MR) is 62.6 cm³/mol. The molecule has 0 aliphatic carbocycles. The third kappa shape index (κ3) is 1.56. The van der Waals surface area contributed by atoms with Crippen LogP contribution in [0.2, 0.25) is 0 Å². The van der Waals surface area contributed by atoms with Crippen molar-refractivity contribution in [1.82, 2.24) is 15.0 Å². The van der Waals surface area contributed by atoms with Crippen molar-refractivity contribution in [1.29, 1.82) is 0 Å². The number of pyridine rings is 1. The van der Waals surface area contributed by atoms with Crippen LogP contribution in [0.4, 0.5) is 0 Å². The third-order valence-corrected chi connectivity index (χ3v) is 3.71. The minimum absolute atomic E-state index is 0.268. The number of nitrogens with zero attached hydrogens (tertiary/aromatic N) is 3. The van der Waals surface area contributed by atoms with Gasteiger partial charge in [-0.2, -0.15) is 0 Å². The van der Waals surface area contributed by atoms with Crippen LogP contribution in [0.1, 0.15) is 17.9 Å². The summed E-state index contributed by atoms with van der Waals surface area (Å²) in [4.78, 5) is 24.4. The molecule has 2 aromatic heterocycles. The molecule has 0 saturated carbocycles. The summed E-state index contributed by atoms with van der Waals surface area (Å²) in [5.41, 5.74) is 1.53. The molecule has 86 valence electrons. The SMILES string of the molecule is CCOC(=O)C1Sc2nccc3ncnc1c23. The highest BCUT2D eigenvalue weighted by molar-refractivity contribution is 8.00. The van der Waals surface area contributed by atoms with Gasteiger partial charge in [0.25, 0.3) is 0 Å². The first kappa shape index (κ1) is 10.5. The molecule has 1 aliphatic heterocycles. The largest absolute Gasteiger partial charge is 0.465 e. The maximum Gasteiger partial charge on any atom is 0.325 e. The topological polar surface area (TPSA) is 65.0 Å². The molecule has 0 aromatic carbocycles. The molecule has 2 aromatic rings. The van der Waals surface area contributed by atoms with E-state index in [0.29, 0.717) is 12.3 Å². The molecule has 0 amide bonds. The molecule has 0 radical (unpaired) electrons. The van der Waals surface area contributed by atoms with Crippen LogP contribution in [-0.2, 0) is 9.53 Å². The molecular formula is C11H9N3O2S. The molecule has 1 aliphatic rings. The summed E-state index contributed by atoms with van der Waals surface area (Å²) in [5.74, 6) is -0.268. The zero-order valence-electron chi connectivity index (χ0n) is 9.08. The van der Waals surface area contributed by atoms with Crippen LogP contribution in [0, 0.1) is 0 Å². The van der Waals surface area contributed by atoms with Crippen molar-refractivity contribution in [3.63, 3.8) is 0 Å². The minimum Gasteiger partial charge on any atom is -0.465 e. The van der Waals surface area contributed by atoms with Crippen LogP contribution in [0.3, 0.4) is 0 Å². The van der Waals surface area contributed by atoms with Crippen molar-refractivity contribution in [3.05, 3.63) is 24.3 Å². The monoisotopic (exact) mass is 247 g/mol. The van der Waals surface area contributed by atoms with Crippen LogP contribution in [0.25, 0.3) is 10.9 Å². The van der Waals surface area contributed by atoms with E-state index in [0.717, 1.165) is 15.9 Å². The molecular weight excluding hydrogens is 238 g/mol. The molecule has 1 atom stereocenters. The minimum atomic E-state index is -0.412. The van der Waals surface area contributed by atoms with E-state index in [4.69, 9.17) is 4.74 Å². The first-order chi connectivity index (χ1) is 8.31. The van der Waals surface area contributed by atoms with Crippen molar-refractivity contribution < 1.29 is 9.53 Å². The number of hydrogen-bond acceptors (Lipinski definition) is 6. The second kappa shape index (κ2) is 3.96. The Morgan fingerprint density at radius 1 is 1.47 bits per heavy atom. The van der Waals surface area contributed by atoms with Crippen molar-refractivity contribution >= 4 is 28.6 Å². The average molecular weight is 247 g/mol. The van der Waals surface area contributed by atoms with Gasteiger partial charge in [-0.15, -0.1) is 0 Å². The van der Waals surface area contributed by atoms with E-state index in [9.17, 15) is 4.79 Å². The van der Waals surface area contributed by atoms with E-state index in [1.54, 1.807) is 13.1 Å². The first-order valence-electron chi connectivity index (χ1n) is 5.24. The number of hydrogen-bond donors (Lipinski definition) is 0. The van der Waals surface area contributed by atoms with Gasteiger partial charge in [-0.05, 0) is 13.0 Å². The van der Waals surface area contributed by atoms with Crippen molar-refractivity contribution in [2.75, 3.05) is 6.61 Å². The van der Waals surface area contributed by atoms with Crippen molar-refractivity contribution in [2.24, 2.45) is 0 Å². The van der Waals surface area contributed by atoms with Gasteiger partial charge in [0.15, 0.2) is 5.25 Å². The van der Waals surface area contributed by atoms with Gasteiger partial charge in [0, 0.05) is 6.20 Å². The van der Waals surface area contributed by atoms with Gasteiger partial charge in [-0.1, -0.05) is 11.8 Å². The summed E-state index contributed by atoms with van der Waals surface area (Å²) in [6.07, 6.45) is 3.16. The molecule has 5 nitrogen and oxygen atoms in total. The number of carbonyl (C=O) groups is 1. The maximum absolute atomic E-state index is 11.8. The summed E-state index contributed by atoms with van der Waals surface area (Å²) < 4.78 is 5.04. The highest BCUT2D eigenvalue weighted by Gasteiger charge is 2.34. The van der Waals surface area contributed by atoms with Gasteiger partial charge in [0.05, 0.1) is 23.2 Å². The van der Waals surface area contributed by atoms with E-state index in [-0.39, 0.29) is 5.97 Å². The quantitative estimate of drug-likeness (QED) is 0.753. The molecule has 0 saturated heterocycles. The number of thioether (sulfide) groups is 1. The number of aromatic nitrogens is 3. The lowest BCUT2D eigenvalue weighted by molar-refractivity contribution is -0.142. The highest BCUT2D eigenvalue weighted by Crippen LogP contribution is 2.46. The molecule has 0 fully saturated rings. The van der Waals surface area contributed by atoms with Crippen LogP contribution in [0.15, 0.2) is 23.6 Å². The fraction of sp³-hybridized carbons (Fsp3) is 0.273. The van der Waals surface area contributed by atoms with Crippen molar-refractivity contribution in [3.8, 4) is 0 Å². The molecule has 17 heavy (non-hydrogen) atoms. The lowest BCUT2D eigenvalue weighted by atomic mass is 10.2. The van der Waals surface area contributed by atoms with E-state index in [2.05, 4.69) is 15.0 Å². The van der Waals surface area contributed by atoms with Crippen LogP contribution >= 0.6 is 11.8 Å². The number of ether oxygens (including phenoxy) is 1. The Bertz CT molecular complexity index is 597. The molecule has 3 rings (SSSR count). The normalized spacial score (nSPS) is 17.4. The molecule has 3 heterocycles. The van der Waals surface area contributed by atoms with Gasteiger partial charge in [0.2, 0.25) is 0 Å². The summed E-state index contributed by atoms with van der Waals surface area (Å²) in [7, 11) is 0. The summed E-state index contributed by atoms with van der Waals surface area (Å²) >= 11 is 1.37. The zero-order valence-corrected chi connectivity index (χ0v) is 9.90. The van der Waals surface area contributed by atoms with Crippen molar-refractivity contribution in [2.45, 2.75) is 17.2 Å². The van der Waals surface area contributed by atoms with E-state index < -0.39 is 5.25 Å². The van der Waals surface area contributed by atoms with Crippen LogP contribution < -0.4 is 0 Å². The second-order valence-corrected chi connectivity index (χ2v) is 4.61. The Morgan fingerprint density at radius 2 is 2.35 bits per heavy atom. The molecule has 0 spiro atoms. The molecule has 0 bridgehead atoms. The Hall–Kier alpha value is -1.69. The predicted octanol–water partition coefficient (Wildman–Crippen LogP) is 1.73. The van der Waals surface area contributed by atoms with E-state index in [1.165, 1.54) is 18.1 Å². The zero-order chi connectivity index (χ0) is 11.8. The summed E-state index contributed by atoms with van der Waals surface area (Å²) in [6.45, 7) is 2.16. The fourth-order valence-electron chi connectivity index (χ4n) is 1.83. The standard InChI is InChI=1S/C11H9N3O2S/c1-2-16-11(15)9-8-7-6(13-5-14-8)3-4-12-10(7)17-9/h3-5,9H,2H2,1H3. The van der Waals surface area contributed by atoms with Crippen LogP contribution in [0.5, 0.6) is 0 Å². The van der Waals surface area contributed by atoms with Gasteiger partial charge in [-0.25, -0.2) is 15.0 Å².